The predicted molar refractivity (Wildman–Crippen MR) is 124 cm³/mol. The number of hydrogen-bond acceptors (Lipinski definition) is 6. The van der Waals surface area contributed by atoms with Gasteiger partial charge in [0.25, 0.3) is 11.1 Å². The van der Waals surface area contributed by atoms with Crippen LogP contribution in [0.1, 0.15) is 21.7 Å². The highest BCUT2D eigenvalue weighted by molar-refractivity contribution is 9.10. The second kappa shape index (κ2) is 9.11. The molecule has 4 rings (SSSR count). The fourth-order valence-electron chi connectivity index (χ4n) is 3.44. The number of carbonyl (C=O) groups is 1. The van der Waals surface area contributed by atoms with Crippen LogP contribution in [0.15, 0.2) is 68.7 Å². The Morgan fingerprint density at radius 2 is 1.87 bits per heavy atom. The van der Waals surface area contributed by atoms with Gasteiger partial charge in [-0.15, -0.1) is 10.2 Å². The molecule has 0 N–H and O–H groups in total. The molecule has 8 heteroatoms. The maximum Gasteiger partial charge on any atom is 0.277 e. The number of methoxy groups -OCH3 is 1. The van der Waals surface area contributed by atoms with Crippen molar-refractivity contribution in [2.24, 2.45) is 0 Å². The van der Waals surface area contributed by atoms with E-state index < -0.39 is 0 Å². The van der Waals surface area contributed by atoms with Crippen molar-refractivity contribution in [3.63, 3.8) is 0 Å². The van der Waals surface area contributed by atoms with E-state index in [9.17, 15) is 4.79 Å². The molecule has 6 nitrogen and oxygen atoms in total. The van der Waals surface area contributed by atoms with Crippen LogP contribution in [0.3, 0.4) is 0 Å². The van der Waals surface area contributed by atoms with Gasteiger partial charge in [-0.2, -0.15) is 0 Å². The van der Waals surface area contributed by atoms with Gasteiger partial charge in [-0.1, -0.05) is 39.8 Å². The quantitative estimate of drug-likeness (QED) is 0.234. The summed E-state index contributed by atoms with van der Waals surface area (Å²) in [5.74, 6) is 1.23. The van der Waals surface area contributed by atoms with Crippen LogP contribution in [0.4, 0.5) is 0 Å². The number of ether oxygens (including phenoxy) is 1. The van der Waals surface area contributed by atoms with Gasteiger partial charge in [-0.25, -0.2) is 0 Å². The van der Waals surface area contributed by atoms with Crippen molar-refractivity contribution in [1.29, 1.82) is 0 Å². The molecular formula is C23H20BrN3O3S. The minimum atomic E-state index is 0.0125. The molecule has 0 bridgehead atoms. The van der Waals surface area contributed by atoms with Crippen LogP contribution in [0, 0.1) is 13.8 Å². The van der Waals surface area contributed by atoms with E-state index in [4.69, 9.17) is 9.15 Å². The van der Waals surface area contributed by atoms with E-state index in [0.717, 1.165) is 21.5 Å². The number of Topliss-reactive ketones (excluding diaryl/α,β-unsaturated/α-hetero) is 1. The topological polar surface area (TPSA) is 70.2 Å². The Kier molecular flexibility index (Phi) is 6.29. The highest BCUT2D eigenvalue weighted by atomic mass is 79.9. The highest BCUT2D eigenvalue weighted by Crippen LogP contribution is 2.31. The fraction of sp³-hybridized carbons (Fsp3) is 0.174. The molecule has 0 amide bonds. The molecule has 0 radical (unpaired) electrons. The zero-order valence-corrected chi connectivity index (χ0v) is 19.7. The van der Waals surface area contributed by atoms with Crippen LogP contribution >= 0.6 is 27.7 Å². The van der Waals surface area contributed by atoms with Gasteiger partial charge >= 0.3 is 0 Å². The van der Waals surface area contributed by atoms with Crippen molar-refractivity contribution in [2.75, 3.05) is 12.9 Å². The number of aryl methyl sites for hydroxylation is 1. The molecule has 0 atom stereocenters. The zero-order valence-electron chi connectivity index (χ0n) is 17.3. The molecule has 0 saturated heterocycles. The predicted octanol–water partition coefficient (Wildman–Crippen LogP) is 5.89. The van der Waals surface area contributed by atoms with Gasteiger partial charge in [-0.3, -0.25) is 4.79 Å². The first-order valence-electron chi connectivity index (χ1n) is 9.55. The van der Waals surface area contributed by atoms with Crippen molar-refractivity contribution in [1.82, 2.24) is 14.8 Å². The maximum atomic E-state index is 12.9. The van der Waals surface area contributed by atoms with Crippen LogP contribution in [-0.4, -0.2) is 33.4 Å². The van der Waals surface area contributed by atoms with Crippen LogP contribution in [-0.2, 0) is 0 Å². The number of para-hydroxylation sites is 1. The summed E-state index contributed by atoms with van der Waals surface area (Å²) in [5.41, 5.74) is 4.34. The molecule has 0 fully saturated rings. The molecule has 0 aliphatic carbocycles. The summed E-state index contributed by atoms with van der Waals surface area (Å²) in [6, 6.07) is 17.4. The Bertz CT molecular complexity index is 1230. The molecule has 2 aromatic heterocycles. The number of halogens is 1. The normalized spacial score (nSPS) is 11.0. The molecule has 4 aromatic rings. The maximum absolute atomic E-state index is 12.9. The van der Waals surface area contributed by atoms with E-state index in [1.54, 1.807) is 7.11 Å². The van der Waals surface area contributed by atoms with Crippen LogP contribution in [0.5, 0.6) is 5.75 Å². The van der Waals surface area contributed by atoms with Gasteiger partial charge in [-0.05, 0) is 56.3 Å². The van der Waals surface area contributed by atoms with E-state index in [-0.39, 0.29) is 11.5 Å². The Hall–Kier alpha value is -2.84. The van der Waals surface area contributed by atoms with Crippen molar-refractivity contribution < 1.29 is 13.9 Å². The van der Waals surface area contributed by atoms with Crippen LogP contribution in [0.25, 0.3) is 17.1 Å². The third kappa shape index (κ3) is 4.45. The Labute approximate surface area is 192 Å². The summed E-state index contributed by atoms with van der Waals surface area (Å²) in [5, 5.41) is 8.50. The molecule has 0 unspecified atom stereocenters. The number of nitrogens with zero attached hydrogens (tertiary/aromatic N) is 3. The summed E-state index contributed by atoms with van der Waals surface area (Å²) in [4.78, 5) is 12.9. The van der Waals surface area contributed by atoms with Gasteiger partial charge in [0.15, 0.2) is 5.78 Å². The number of thioether (sulfide) groups is 1. The monoisotopic (exact) mass is 497 g/mol. The van der Waals surface area contributed by atoms with Gasteiger partial charge in [0.2, 0.25) is 0 Å². The van der Waals surface area contributed by atoms with Crippen LogP contribution in [0.2, 0.25) is 0 Å². The minimum Gasteiger partial charge on any atom is -0.496 e. The van der Waals surface area contributed by atoms with Crippen molar-refractivity contribution in [2.45, 2.75) is 19.1 Å². The standard InChI is InChI=1S/C23H20BrN3O3S/c1-14-12-19(15(2)27(14)17-10-8-16(24)9-11-17)20(28)13-31-23-26-25-22(30-23)18-6-4-5-7-21(18)29-3/h4-12H,13H2,1-3H3. The third-order valence-corrected chi connectivity index (χ3v) is 6.23. The fourth-order valence-corrected chi connectivity index (χ4v) is 4.35. The van der Waals surface area contributed by atoms with E-state index in [1.807, 2.05) is 68.4 Å². The second-order valence-corrected chi connectivity index (χ2v) is 8.72. The summed E-state index contributed by atoms with van der Waals surface area (Å²) >= 11 is 4.69. The third-order valence-electron chi connectivity index (χ3n) is 4.89. The lowest BCUT2D eigenvalue weighted by molar-refractivity contribution is 0.102. The summed E-state index contributed by atoms with van der Waals surface area (Å²) in [7, 11) is 1.59. The first-order valence-corrected chi connectivity index (χ1v) is 11.3. The second-order valence-electron chi connectivity index (χ2n) is 6.88. The van der Waals surface area contributed by atoms with E-state index >= 15 is 0 Å². The van der Waals surface area contributed by atoms with E-state index in [1.165, 1.54) is 11.8 Å². The largest absolute Gasteiger partial charge is 0.496 e. The van der Waals surface area contributed by atoms with Gasteiger partial charge in [0.1, 0.15) is 5.75 Å². The number of aromatic nitrogens is 3. The van der Waals surface area contributed by atoms with E-state index in [2.05, 4.69) is 30.7 Å². The minimum absolute atomic E-state index is 0.0125. The average molecular weight is 498 g/mol. The van der Waals surface area contributed by atoms with Crippen LogP contribution < -0.4 is 4.74 Å². The molecule has 2 heterocycles. The van der Waals surface area contributed by atoms with Gasteiger partial charge in [0, 0.05) is 27.1 Å². The number of carbonyl (C=O) groups excluding carboxylic acids is 1. The molecule has 0 aliphatic heterocycles. The molecule has 0 saturated carbocycles. The molecule has 0 aliphatic rings. The number of hydrogen-bond donors (Lipinski definition) is 0. The molecule has 2 aromatic carbocycles. The molecule has 0 spiro atoms. The Balaban J connectivity index is 1.49. The van der Waals surface area contributed by atoms with E-state index in [0.29, 0.717) is 28.0 Å². The number of rotatable bonds is 7. The number of ketones is 1. The average Bonchev–Trinajstić information content (AvgIpc) is 3.37. The lowest BCUT2D eigenvalue weighted by Gasteiger charge is -2.10. The van der Waals surface area contributed by atoms with Crippen molar-refractivity contribution in [3.8, 4) is 22.9 Å². The first-order chi connectivity index (χ1) is 15.0. The first kappa shape index (κ1) is 21.4. The highest BCUT2D eigenvalue weighted by Gasteiger charge is 2.19. The summed E-state index contributed by atoms with van der Waals surface area (Å²) in [6.45, 7) is 3.95. The van der Waals surface area contributed by atoms with Gasteiger partial charge in [0.05, 0.1) is 18.4 Å². The summed E-state index contributed by atoms with van der Waals surface area (Å²) < 4.78 is 14.2. The zero-order chi connectivity index (χ0) is 22.0. The Morgan fingerprint density at radius 3 is 2.61 bits per heavy atom. The lowest BCUT2D eigenvalue weighted by atomic mass is 10.2. The summed E-state index contributed by atoms with van der Waals surface area (Å²) in [6.07, 6.45) is 0. The lowest BCUT2D eigenvalue weighted by Crippen LogP contribution is -2.05. The van der Waals surface area contributed by atoms with Crippen molar-refractivity contribution >= 4 is 33.5 Å². The SMILES string of the molecule is COc1ccccc1-c1nnc(SCC(=O)c2cc(C)n(-c3ccc(Br)cc3)c2C)o1. The smallest absolute Gasteiger partial charge is 0.277 e. The van der Waals surface area contributed by atoms with Gasteiger partial charge < -0.3 is 13.7 Å². The molecule has 158 valence electrons. The molecule has 31 heavy (non-hydrogen) atoms. The van der Waals surface area contributed by atoms with Crippen molar-refractivity contribution in [3.05, 3.63) is 76.0 Å². The Morgan fingerprint density at radius 1 is 1.13 bits per heavy atom. The number of benzene rings is 2. The molecular weight excluding hydrogens is 478 g/mol.